The van der Waals surface area contributed by atoms with E-state index in [1.54, 1.807) is 0 Å². The molecule has 0 radical (unpaired) electrons. The maximum atomic E-state index is 12.9. The normalized spacial score (nSPS) is 37.3. The Morgan fingerprint density at radius 1 is 1.22 bits per heavy atom. The quantitative estimate of drug-likeness (QED) is 0.456. The number of amides is 1. The summed E-state index contributed by atoms with van der Waals surface area (Å²) in [5, 5.41) is 9.94. The molecule has 1 saturated heterocycles. The number of hydrogen-bond donors (Lipinski definition) is 2. The molecule has 8 atom stereocenters. The highest BCUT2D eigenvalue weighted by atomic mass is 16.6. The molecule has 0 aromatic heterocycles. The van der Waals surface area contributed by atoms with E-state index in [1.807, 2.05) is 20.8 Å². The fourth-order valence-corrected chi connectivity index (χ4v) is 5.58. The number of allylic oxidation sites excluding steroid dienone is 2. The first-order chi connectivity index (χ1) is 15.0. The smallest absolute Gasteiger partial charge is 0.311 e. The molecule has 0 aromatic rings. The van der Waals surface area contributed by atoms with Crippen LogP contribution < -0.4 is 5.73 Å². The topological polar surface area (TPSA) is 116 Å². The van der Waals surface area contributed by atoms with Crippen molar-refractivity contribution >= 4 is 17.8 Å². The highest BCUT2D eigenvalue weighted by molar-refractivity contribution is 5.78. The molecule has 0 spiro atoms. The lowest BCUT2D eigenvalue weighted by atomic mass is 9.60. The largest absolute Gasteiger partial charge is 0.462 e. The monoisotopic (exact) mass is 449 g/mol. The van der Waals surface area contributed by atoms with Gasteiger partial charge in [0.2, 0.25) is 5.91 Å². The molecule has 1 saturated carbocycles. The number of carbonyl (C=O) groups is 3. The second-order valence-electron chi connectivity index (χ2n) is 10.7. The zero-order valence-corrected chi connectivity index (χ0v) is 19.8. The number of fused-ring (bicyclic) bond motifs is 1. The average Bonchev–Trinajstić information content (AvgIpc) is 2.72. The summed E-state index contributed by atoms with van der Waals surface area (Å²) < 4.78 is 11.6. The first-order valence-corrected chi connectivity index (χ1v) is 12.1. The molecule has 0 unspecified atom stereocenters. The van der Waals surface area contributed by atoms with Gasteiger partial charge in [0.1, 0.15) is 12.2 Å². The van der Waals surface area contributed by atoms with Crippen molar-refractivity contribution in [2.75, 3.05) is 0 Å². The van der Waals surface area contributed by atoms with Gasteiger partial charge in [-0.2, -0.15) is 0 Å². The first kappa shape index (κ1) is 24.7. The van der Waals surface area contributed by atoms with Gasteiger partial charge in [0.25, 0.3) is 0 Å². The van der Waals surface area contributed by atoms with Crippen molar-refractivity contribution in [3.63, 3.8) is 0 Å². The minimum absolute atomic E-state index is 0.0590. The van der Waals surface area contributed by atoms with Gasteiger partial charge in [-0.25, -0.2) is 0 Å². The predicted molar refractivity (Wildman–Crippen MR) is 119 cm³/mol. The van der Waals surface area contributed by atoms with Crippen LogP contribution in [0.5, 0.6) is 0 Å². The summed E-state index contributed by atoms with van der Waals surface area (Å²) in [7, 11) is 0. The molecule has 7 heteroatoms. The average molecular weight is 450 g/mol. The Labute approximate surface area is 191 Å². The summed E-state index contributed by atoms with van der Waals surface area (Å²) in [5.74, 6) is -0.545. The number of aliphatic hydroxyl groups is 1. The number of rotatable bonds is 7. The van der Waals surface area contributed by atoms with Gasteiger partial charge in [0, 0.05) is 18.3 Å². The molecule has 0 aromatic carbocycles. The summed E-state index contributed by atoms with van der Waals surface area (Å²) in [6.45, 7) is 7.88. The second-order valence-corrected chi connectivity index (χ2v) is 10.7. The van der Waals surface area contributed by atoms with E-state index in [9.17, 15) is 19.5 Å². The molecule has 32 heavy (non-hydrogen) atoms. The zero-order valence-electron chi connectivity index (χ0n) is 19.8. The number of aliphatic hydroxyl groups excluding tert-OH is 1. The highest BCUT2D eigenvalue weighted by Crippen LogP contribution is 2.48. The molecule has 7 nitrogen and oxygen atoms in total. The van der Waals surface area contributed by atoms with E-state index in [1.165, 1.54) is 0 Å². The van der Waals surface area contributed by atoms with Crippen molar-refractivity contribution in [3.8, 4) is 0 Å². The van der Waals surface area contributed by atoms with Crippen LogP contribution in [0.2, 0.25) is 0 Å². The van der Waals surface area contributed by atoms with E-state index < -0.39 is 11.5 Å². The van der Waals surface area contributed by atoms with Crippen molar-refractivity contribution in [2.45, 2.75) is 91.0 Å². The number of cyclic esters (lactones) is 1. The lowest BCUT2D eigenvalue weighted by Crippen LogP contribution is -2.49. The van der Waals surface area contributed by atoms with Crippen LogP contribution in [-0.4, -0.2) is 41.3 Å². The van der Waals surface area contributed by atoms with Crippen LogP contribution >= 0.6 is 0 Å². The molecule has 1 amide bonds. The van der Waals surface area contributed by atoms with Gasteiger partial charge in [-0.15, -0.1) is 0 Å². The SMILES string of the molecule is CCC(C)(C)C(=O)O[C@H]1C[C@@H](C(N)=O)C[C@@H]2C=C[C@H](C)[C@H](CC[C@@H]3C[C@@H](O)CC(=O)O3)[C@@H]12. The standard InChI is InChI=1S/C25H39NO6/c1-5-25(3,4)24(30)32-20-11-16(23(26)29)10-15-7-6-14(2)19(22(15)20)9-8-18-12-17(27)13-21(28)31-18/h6-7,14-20,22,27H,5,8-13H2,1-4H3,(H2,26,29)/t14-,15-,16-,17+,18+,19-,20-,22-/m0/s1. The Hall–Kier alpha value is -1.89. The fourth-order valence-electron chi connectivity index (χ4n) is 5.58. The van der Waals surface area contributed by atoms with Gasteiger partial charge in [0.15, 0.2) is 0 Å². The Balaban J connectivity index is 1.79. The van der Waals surface area contributed by atoms with Crippen LogP contribution in [-0.2, 0) is 23.9 Å². The maximum absolute atomic E-state index is 12.9. The first-order valence-electron chi connectivity index (χ1n) is 12.1. The summed E-state index contributed by atoms with van der Waals surface area (Å²) in [6.07, 6.45) is 6.81. The zero-order chi connectivity index (χ0) is 23.6. The molecule has 3 rings (SSSR count). The highest BCUT2D eigenvalue weighted by Gasteiger charge is 2.48. The molecule has 1 aliphatic heterocycles. The molecular formula is C25H39NO6. The molecule has 2 aliphatic carbocycles. The molecule has 0 bridgehead atoms. The van der Waals surface area contributed by atoms with E-state index in [4.69, 9.17) is 15.2 Å². The van der Waals surface area contributed by atoms with Crippen molar-refractivity contribution < 1.29 is 29.0 Å². The molecule has 3 N–H and O–H groups in total. The van der Waals surface area contributed by atoms with E-state index >= 15 is 0 Å². The Morgan fingerprint density at radius 2 is 1.94 bits per heavy atom. The number of nitrogens with two attached hydrogens (primary N) is 1. The van der Waals surface area contributed by atoms with Crippen LogP contribution in [0.1, 0.15) is 72.6 Å². The molecule has 180 valence electrons. The summed E-state index contributed by atoms with van der Waals surface area (Å²) in [5.41, 5.74) is 5.07. The van der Waals surface area contributed by atoms with Crippen molar-refractivity contribution in [2.24, 2.45) is 40.7 Å². The fraction of sp³-hybridized carbons (Fsp3) is 0.800. The minimum atomic E-state index is -0.645. The van der Waals surface area contributed by atoms with Crippen LogP contribution in [0.25, 0.3) is 0 Å². The van der Waals surface area contributed by atoms with Crippen LogP contribution in [0.4, 0.5) is 0 Å². The maximum Gasteiger partial charge on any atom is 0.311 e. The predicted octanol–water partition coefficient (Wildman–Crippen LogP) is 3.13. The number of ether oxygens (including phenoxy) is 2. The number of esters is 2. The number of primary amides is 1. The van der Waals surface area contributed by atoms with Gasteiger partial charge < -0.3 is 20.3 Å². The molecule has 3 aliphatic rings. The number of carbonyl (C=O) groups excluding carboxylic acids is 3. The van der Waals surface area contributed by atoms with E-state index in [2.05, 4.69) is 19.1 Å². The van der Waals surface area contributed by atoms with Crippen molar-refractivity contribution in [3.05, 3.63) is 12.2 Å². The molecule has 1 heterocycles. The lowest BCUT2D eigenvalue weighted by molar-refractivity contribution is -0.172. The summed E-state index contributed by atoms with van der Waals surface area (Å²) in [4.78, 5) is 36.7. The number of hydrogen-bond acceptors (Lipinski definition) is 6. The third-order valence-electron chi connectivity index (χ3n) is 7.98. The van der Waals surface area contributed by atoms with Crippen LogP contribution in [0.3, 0.4) is 0 Å². The third-order valence-corrected chi connectivity index (χ3v) is 7.98. The Kier molecular flexibility index (Phi) is 7.69. The Morgan fingerprint density at radius 3 is 2.56 bits per heavy atom. The Bertz CT molecular complexity index is 747. The van der Waals surface area contributed by atoms with Gasteiger partial charge >= 0.3 is 11.9 Å². The van der Waals surface area contributed by atoms with E-state index in [0.29, 0.717) is 32.1 Å². The molecule has 2 fully saturated rings. The van der Waals surface area contributed by atoms with Crippen molar-refractivity contribution in [1.29, 1.82) is 0 Å². The summed E-state index contributed by atoms with van der Waals surface area (Å²) in [6, 6.07) is 0. The van der Waals surface area contributed by atoms with Crippen LogP contribution in [0, 0.1) is 35.0 Å². The van der Waals surface area contributed by atoms with Gasteiger partial charge in [-0.05, 0) is 63.7 Å². The van der Waals surface area contributed by atoms with E-state index in [-0.39, 0.29) is 66.1 Å². The van der Waals surface area contributed by atoms with Crippen molar-refractivity contribution in [1.82, 2.24) is 0 Å². The second kappa shape index (κ2) is 9.94. The van der Waals surface area contributed by atoms with E-state index in [0.717, 1.165) is 6.42 Å². The van der Waals surface area contributed by atoms with Gasteiger partial charge in [-0.1, -0.05) is 26.0 Å². The third kappa shape index (κ3) is 5.53. The lowest BCUT2D eigenvalue weighted by Gasteiger charge is -2.48. The summed E-state index contributed by atoms with van der Waals surface area (Å²) >= 11 is 0. The molecular weight excluding hydrogens is 410 g/mol. The van der Waals surface area contributed by atoms with Gasteiger partial charge in [-0.3, -0.25) is 14.4 Å². The minimum Gasteiger partial charge on any atom is -0.462 e. The van der Waals surface area contributed by atoms with Gasteiger partial charge in [0.05, 0.1) is 17.9 Å². The van der Waals surface area contributed by atoms with Crippen LogP contribution in [0.15, 0.2) is 12.2 Å².